The summed E-state index contributed by atoms with van der Waals surface area (Å²) in [7, 11) is 3.05. The molecule has 2 aromatic rings. The van der Waals surface area contributed by atoms with Crippen LogP contribution in [0.15, 0.2) is 34.8 Å². The molecule has 0 aliphatic carbocycles. The summed E-state index contributed by atoms with van der Waals surface area (Å²) < 4.78 is 11.4. The third-order valence-electron chi connectivity index (χ3n) is 3.13. The smallest absolute Gasteiger partial charge is 0.200 e. The van der Waals surface area contributed by atoms with Crippen LogP contribution in [0.4, 0.5) is 0 Å². The average molecular weight is 370 g/mol. The van der Waals surface area contributed by atoms with Crippen LogP contribution < -0.4 is 9.47 Å². The first-order valence-corrected chi connectivity index (χ1v) is 7.37. The van der Waals surface area contributed by atoms with Crippen LogP contribution in [0.2, 0.25) is 5.02 Å². The van der Waals surface area contributed by atoms with Gasteiger partial charge >= 0.3 is 0 Å². The van der Waals surface area contributed by atoms with Crippen LogP contribution in [0.1, 0.15) is 21.5 Å². The van der Waals surface area contributed by atoms with E-state index in [1.165, 1.54) is 14.2 Å². The van der Waals surface area contributed by atoms with Crippen molar-refractivity contribution in [3.63, 3.8) is 0 Å². The summed E-state index contributed by atoms with van der Waals surface area (Å²) in [6, 6.07) is 8.51. The maximum Gasteiger partial charge on any atom is 0.200 e. The molecule has 0 amide bonds. The molecule has 0 unspecified atom stereocenters. The predicted molar refractivity (Wildman–Crippen MR) is 86.9 cm³/mol. The molecular weight excluding hydrogens is 356 g/mol. The van der Waals surface area contributed by atoms with Crippen LogP contribution in [-0.2, 0) is 0 Å². The SMILES string of the molecule is COc1ccc(Cl)cc1C(=O)c1cc(Br)c(C)cc1OC. The van der Waals surface area contributed by atoms with Gasteiger partial charge in [-0.1, -0.05) is 27.5 Å². The van der Waals surface area contributed by atoms with Crippen molar-refractivity contribution in [2.24, 2.45) is 0 Å². The van der Waals surface area contributed by atoms with E-state index in [1.54, 1.807) is 24.3 Å². The standard InChI is InChI=1S/C16H14BrClO3/c1-9-6-15(21-3)12(8-13(9)17)16(19)11-7-10(18)4-5-14(11)20-2/h4-8H,1-3H3. The minimum atomic E-state index is -0.202. The third-order valence-corrected chi connectivity index (χ3v) is 4.22. The van der Waals surface area contributed by atoms with Gasteiger partial charge in [0.15, 0.2) is 0 Å². The second-order valence-corrected chi connectivity index (χ2v) is 5.77. The Morgan fingerprint density at radius 1 is 1.05 bits per heavy atom. The molecule has 0 heterocycles. The van der Waals surface area contributed by atoms with E-state index in [1.807, 2.05) is 13.0 Å². The fourth-order valence-electron chi connectivity index (χ4n) is 2.00. The lowest BCUT2D eigenvalue weighted by atomic mass is 10.0. The Hall–Kier alpha value is -1.52. The number of ether oxygens (including phenoxy) is 2. The van der Waals surface area contributed by atoms with E-state index in [-0.39, 0.29) is 5.78 Å². The van der Waals surface area contributed by atoms with E-state index >= 15 is 0 Å². The molecule has 0 N–H and O–H groups in total. The maximum atomic E-state index is 12.8. The Morgan fingerprint density at radius 2 is 1.67 bits per heavy atom. The normalized spacial score (nSPS) is 10.3. The molecule has 0 spiro atoms. The van der Waals surface area contributed by atoms with E-state index in [2.05, 4.69) is 15.9 Å². The topological polar surface area (TPSA) is 35.5 Å². The van der Waals surface area contributed by atoms with Crippen molar-refractivity contribution in [2.45, 2.75) is 6.92 Å². The number of benzene rings is 2. The van der Waals surface area contributed by atoms with Crippen LogP contribution in [0.5, 0.6) is 11.5 Å². The highest BCUT2D eigenvalue weighted by molar-refractivity contribution is 9.10. The van der Waals surface area contributed by atoms with Gasteiger partial charge in [-0.3, -0.25) is 4.79 Å². The number of aryl methyl sites for hydroxylation is 1. The molecule has 0 saturated heterocycles. The summed E-state index contributed by atoms with van der Waals surface area (Å²) >= 11 is 9.42. The lowest BCUT2D eigenvalue weighted by molar-refractivity contribution is 0.103. The molecule has 0 atom stereocenters. The number of hydrogen-bond acceptors (Lipinski definition) is 3. The monoisotopic (exact) mass is 368 g/mol. The summed E-state index contributed by atoms with van der Waals surface area (Å²) in [5, 5.41) is 0.476. The molecular formula is C16H14BrClO3. The van der Waals surface area contributed by atoms with Crippen LogP contribution in [0.3, 0.4) is 0 Å². The molecule has 0 aliphatic rings. The Labute approximate surface area is 137 Å². The Balaban J connectivity index is 2.59. The first-order chi connectivity index (χ1) is 9.97. The number of rotatable bonds is 4. The van der Waals surface area contributed by atoms with Crippen LogP contribution in [0.25, 0.3) is 0 Å². The fraction of sp³-hybridized carbons (Fsp3) is 0.188. The molecule has 2 aromatic carbocycles. The Kier molecular flexibility index (Phi) is 4.91. The summed E-state index contributed by atoms with van der Waals surface area (Å²) in [6.45, 7) is 1.93. The number of hydrogen-bond donors (Lipinski definition) is 0. The number of carbonyl (C=O) groups is 1. The molecule has 2 rings (SSSR count). The zero-order valence-corrected chi connectivity index (χ0v) is 14.2. The van der Waals surface area contributed by atoms with Crippen molar-refractivity contribution in [3.05, 3.63) is 56.5 Å². The van der Waals surface area contributed by atoms with Gasteiger partial charge in [0.25, 0.3) is 0 Å². The lowest BCUT2D eigenvalue weighted by Gasteiger charge is -2.12. The lowest BCUT2D eigenvalue weighted by Crippen LogP contribution is -2.06. The van der Waals surface area contributed by atoms with E-state index in [0.29, 0.717) is 27.6 Å². The Morgan fingerprint density at radius 3 is 2.29 bits per heavy atom. The van der Waals surface area contributed by atoms with Gasteiger partial charge in [-0.05, 0) is 42.8 Å². The van der Waals surface area contributed by atoms with E-state index in [9.17, 15) is 4.79 Å². The van der Waals surface area contributed by atoms with Gasteiger partial charge in [0.2, 0.25) is 5.78 Å². The van der Waals surface area contributed by atoms with Crippen LogP contribution in [0, 0.1) is 6.92 Å². The molecule has 0 radical (unpaired) electrons. The number of carbonyl (C=O) groups excluding carboxylic acids is 1. The molecule has 5 heteroatoms. The van der Waals surface area contributed by atoms with Crippen molar-refractivity contribution in [1.82, 2.24) is 0 Å². The summed E-state index contributed by atoms with van der Waals surface area (Å²) in [5.74, 6) is 0.790. The highest BCUT2D eigenvalue weighted by Crippen LogP contribution is 2.32. The van der Waals surface area contributed by atoms with Gasteiger partial charge in [-0.15, -0.1) is 0 Å². The van der Waals surface area contributed by atoms with Crippen molar-refractivity contribution >= 4 is 33.3 Å². The van der Waals surface area contributed by atoms with Gasteiger partial charge in [0.05, 0.1) is 25.3 Å². The molecule has 21 heavy (non-hydrogen) atoms. The third kappa shape index (κ3) is 3.22. The van der Waals surface area contributed by atoms with E-state index in [4.69, 9.17) is 21.1 Å². The summed E-state index contributed by atoms with van der Waals surface area (Å²) in [6.07, 6.45) is 0. The minimum Gasteiger partial charge on any atom is -0.496 e. The highest BCUT2D eigenvalue weighted by atomic mass is 79.9. The maximum absolute atomic E-state index is 12.8. The summed E-state index contributed by atoms with van der Waals surface area (Å²) in [5.41, 5.74) is 1.84. The van der Waals surface area contributed by atoms with Gasteiger partial charge in [0.1, 0.15) is 11.5 Å². The van der Waals surface area contributed by atoms with Crippen molar-refractivity contribution in [3.8, 4) is 11.5 Å². The van der Waals surface area contributed by atoms with Gasteiger partial charge in [-0.2, -0.15) is 0 Å². The number of methoxy groups -OCH3 is 2. The molecule has 0 fully saturated rings. The van der Waals surface area contributed by atoms with E-state index < -0.39 is 0 Å². The second kappa shape index (κ2) is 6.50. The predicted octanol–water partition coefficient (Wildman–Crippen LogP) is 4.66. The Bertz CT molecular complexity index is 698. The zero-order valence-electron chi connectivity index (χ0n) is 11.9. The molecule has 0 aromatic heterocycles. The van der Waals surface area contributed by atoms with Gasteiger partial charge in [0, 0.05) is 9.50 Å². The summed E-state index contributed by atoms with van der Waals surface area (Å²) in [4.78, 5) is 12.8. The highest BCUT2D eigenvalue weighted by Gasteiger charge is 2.20. The molecule has 110 valence electrons. The number of ketones is 1. The first-order valence-electron chi connectivity index (χ1n) is 6.20. The van der Waals surface area contributed by atoms with E-state index in [0.717, 1.165) is 10.0 Å². The van der Waals surface area contributed by atoms with Crippen molar-refractivity contribution in [1.29, 1.82) is 0 Å². The number of halogens is 2. The molecule has 0 bridgehead atoms. The van der Waals surface area contributed by atoms with Crippen LogP contribution in [-0.4, -0.2) is 20.0 Å². The van der Waals surface area contributed by atoms with Crippen LogP contribution >= 0.6 is 27.5 Å². The zero-order chi connectivity index (χ0) is 15.6. The molecule has 0 saturated carbocycles. The largest absolute Gasteiger partial charge is 0.496 e. The van der Waals surface area contributed by atoms with Gasteiger partial charge < -0.3 is 9.47 Å². The average Bonchev–Trinajstić information content (AvgIpc) is 2.48. The quantitative estimate of drug-likeness (QED) is 0.735. The van der Waals surface area contributed by atoms with Crippen molar-refractivity contribution in [2.75, 3.05) is 14.2 Å². The minimum absolute atomic E-state index is 0.202. The molecule has 3 nitrogen and oxygen atoms in total. The van der Waals surface area contributed by atoms with Crippen molar-refractivity contribution < 1.29 is 14.3 Å². The second-order valence-electron chi connectivity index (χ2n) is 4.48. The molecule has 0 aliphatic heterocycles. The van der Waals surface area contributed by atoms with Gasteiger partial charge in [-0.25, -0.2) is 0 Å². The first kappa shape index (κ1) is 15.9. The fourth-order valence-corrected chi connectivity index (χ4v) is 2.52.